The molecule has 7 heteroatoms. The highest BCUT2D eigenvalue weighted by molar-refractivity contribution is 5.73. The number of nitrogens with one attached hydrogen (secondary N) is 1. The number of pyridine rings is 1. The molecule has 7 nitrogen and oxygen atoms in total. The average Bonchev–Trinajstić information content (AvgIpc) is 3.11. The Hall–Kier alpha value is -3.11. The van der Waals surface area contributed by atoms with E-state index in [0.717, 1.165) is 22.6 Å². The Labute approximate surface area is 151 Å². The van der Waals surface area contributed by atoms with Crippen molar-refractivity contribution in [3.63, 3.8) is 0 Å². The third kappa shape index (κ3) is 2.65. The van der Waals surface area contributed by atoms with Crippen LogP contribution >= 0.6 is 0 Å². The lowest BCUT2D eigenvalue weighted by molar-refractivity contribution is -0.0397. The molecule has 1 aliphatic rings. The molecule has 0 fully saturated rings. The van der Waals surface area contributed by atoms with Crippen LogP contribution in [-0.2, 0) is 17.8 Å². The molecule has 1 N–H and O–H groups in total. The predicted octanol–water partition coefficient (Wildman–Crippen LogP) is 3.20. The van der Waals surface area contributed by atoms with Gasteiger partial charge in [-0.25, -0.2) is 0 Å². The van der Waals surface area contributed by atoms with E-state index in [1.807, 2.05) is 38.1 Å². The summed E-state index contributed by atoms with van der Waals surface area (Å²) in [6.07, 6.45) is 2.25. The highest BCUT2D eigenvalue weighted by Crippen LogP contribution is 2.36. The van der Waals surface area contributed by atoms with Crippen LogP contribution in [0.25, 0.3) is 5.65 Å². The van der Waals surface area contributed by atoms with E-state index >= 15 is 0 Å². The molecule has 0 spiro atoms. The average molecular weight is 349 g/mol. The molecular formula is C19H19N5O2. The number of hydrogen-bond donors (Lipinski definition) is 1. The summed E-state index contributed by atoms with van der Waals surface area (Å²) < 4.78 is 13.0. The summed E-state index contributed by atoms with van der Waals surface area (Å²) in [6.45, 7) is 4.47. The van der Waals surface area contributed by atoms with Crippen molar-refractivity contribution in [2.75, 3.05) is 12.4 Å². The largest absolute Gasteiger partial charge is 0.497 e. The number of hydrogen-bond acceptors (Lipinski definition) is 6. The molecule has 132 valence electrons. The molecular weight excluding hydrogens is 330 g/mol. The minimum Gasteiger partial charge on any atom is -0.497 e. The monoisotopic (exact) mass is 349 g/mol. The minimum atomic E-state index is -0.329. The number of ether oxygens (including phenoxy) is 2. The van der Waals surface area contributed by atoms with Crippen molar-refractivity contribution in [1.29, 1.82) is 5.26 Å². The van der Waals surface area contributed by atoms with Gasteiger partial charge in [0.2, 0.25) is 0 Å². The topological polar surface area (TPSA) is 84.5 Å². The van der Waals surface area contributed by atoms with Gasteiger partial charge in [-0.1, -0.05) is 6.07 Å². The number of nitriles is 1. The lowest BCUT2D eigenvalue weighted by Crippen LogP contribution is -2.33. The molecule has 2 aromatic heterocycles. The summed E-state index contributed by atoms with van der Waals surface area (Å²) in [7, 11) is 1.62. The van der Waals surface area contributed by atoms with Crippen LogP contribution in [0, 0.1) is 11.3 Å². The standard InChI is InChI=1S/C19H19N5O2/c1-19(2)8-14-15(9-20)17(22-12-5-4-6-13(7-12)25-3)24-11-21-23-18(24)16(14)10-26-19/h4-7,11,22H,8,10H2,1-3H3. The van der Waals surface area contributed by atoms with Crippen LogP contribution in [0.5, 0.6) is 5.75 Å². The van der Waals surface area contributed by atoms with E-state index in [4.69, 9.17) is 9.47 Å². The number of fused-ring (bicyclic) bond motifs is 3. The van der Waals surface area contributed by atoms with Crippen molar-refractivity contribution in [2.24, 2.45) is 0 Å². The van der Waals surface area contributed by atoms with E-state index in [1.54, 1.807) is 17.8 Å². The van der Waals surface area contributed by atoms with Crippen molar-refractivity contribution in [2.45, 2.75) is 32.5 Å². The van der Waals surface area contributed by atoms with Gasteiger partial charge in [-0.05, 0) is 31.5 Å². The second kappa shape index (κ2) is 6.00. The maximum absolute atomic E-state index is 9.91. The number of anilines is 2. The fourth-order valence-electron chi connectivity index (χ4n) is 3.33. The number of methoxy groups -OCH3 is 1. The molecule has 0 unspecified atom stereocenters. The molecule has 3 heterocycles. The van der Waals surface area contributed by atoms with E-state index in [-0.39, 0.29) is 5.60 Å². The fraction of sp³-hybridized carbons (Fsp3) is 0.316. The Bertz CT molecular complexity index is 1030. The zero-order valence-electron chi connectivity index (χ0n) is 14.9. The molecule has 0 bridgehead atoms. The molecule has 4 rings (SSSR count). The minimum absolute atomic E-state index is 0.329. The first-order chi connectivity index (χ1) is 12.5. The van der Waals surface area contributed by atoms with Crippen molar-refractivity contribution in [1.82, 2.24) is 14.6 Å². The molecule has 1 aromatic carbocycles. The molecule has 0 radical (unpaired) electrons. The third-order valence-corrected chi connectivity index (χ3v) is 4.62. The van der Waals surface area contributed by atoms with Crippen molar-refractivity contribution >= 4 is 17.2 Å². The van der Waals surface area contributed by atoms with E-state index in [0.29, 0.717) is 30.1 Å². The number of aromatic nitrogens is 3. The van der Waals surface area contributed by atoms with Gasteiger partial charge < -0.3 is 14.8 Å². The molecule has 26 heavy (non-hydrogen) atoms. The van der Waals surface area contributed by atoms with Crippen LogP contribution in [-0.4, -0.2) is 27.3 Å². The first-order valence-electron chi connectivity index (χ1n) is 8.35. The molecule has 0 atom stereocenters. The van der Waals surface area contributed by atoms with Gasteiger partial charge in [-0.3, -0.25) is 4.40 Å². The molecule has 1 aliphatic heterocycles. The van der Waals surface area contributed by atoms with Crippen LogP contribution in [0.15, 0.2) is 30.6 Å². The van der Waals surface area contributed by atoms with Crippen molar-refractivity contribution in [3.8, 4) is 11.8 Å². The normalized spacial score (nSPS) is 15.3. The Balaban J connectivity index is 1.91. The summed E-state index contributed by atoms with van der Waals surface area (Å²) in [5.41, 5.74) is 3.68. The third-order valence-electron chi connectivity index (χ3n) is 4.62. The van der Waals surface area contributed by atoms with Gasteiger partial charge in [0.1, 0.15) is 24.0 Å². The molecule has 3 aromatic rings. The lowest BCUT2D eigenvalue weighted by atomic mass is 9.89. The SMILES string of the molecule is COc1cccc(Nc2c(C#N)c3c(c4nncn24)COC(C)(C)C3)c1. The van der Waals surface area contributed by atoms with Crippen LogP contribution in [0.2, 0.25) is 0 Å². The summed E-state index contributed by atoms with van der Waals surface area (Å²) in [4.78, 5) is 0. The summed E-state index contributed by atoms with van der Waals surface area (Å²) in [5.74, 6) is 1.39. The van der Waals surface area contributed by atoms with Gasteiger partial charge >= 0.3 is 0 Å². The fourth-order valence-corrected chi connectivity index (χ4v) is 3.33. The Kier molecular flexibility index (Phi) is 3.78. The first-order valence-corrected chi connectivity index (χ1v) is 8.35. The number of rotatable bonds is 3. The highest BCUT2D eigenvalue weighted by atomic mass is 16.5. The van der Waals surface area contributed by atoms with Crippen molar-refractivity contribution in [3.05, 3.63) is 47.3 Å². The van der Waals surface area contributed by atoms with E-state index in [9.17, 15) is 5.26 Å². The zero-order chi connectivity index (χ0) is 18.3. The van der Waals surface area contributed by atoms with Gasteiger partial charge in [-0.2, -0.15) is 5.26 Å². The van der Waals surface area contributed by atoms with Gasteiger partial charge in [0.05, 0.1) is 24.9 Å². The Morgan fingerprint density at radius 2 is 2.19 bits per heavy atom. The Morgan fingerprint density at radius 3 is 2.96 bits per heavy atom. The summed E-state index contributed by atoms with van der Waals surface area (Å²) >= 11 is 0. The zero-order valence-corrected chi connectivity index (χ0v) is 14.9. The van der Waals surface area contributed by atoms with Gasteiger partial charge in [0, 0.05) is 23.7 Å². The van der Waals surface area contributed by atoms with Gasteiger partial charge in [0.25, 0.3) is 0 Å². The smallest absolute Gasteiger partial charge is 0.168 e. The lowest BCUT2D eigenvalue weighted by Gasteiger charge is -2.33. The van der Waals surface area contributed by atoms with Crippen LogP contribution in [0.1, 0.15) is 30.5 Å². The maximum Gasteiger partial charge on any atom is 0.168 e. The molecule has 0 saturated carbocycles. The summed E-state index contributed by atoms with van der Waals surface area (Å²) in [6, 6.07) is 9.94. The number of nitrogens with zero attached hydrogens (tertiary/aromatic N) is 4. The second-order valence-corrected chi connectivity index (χ2v) is 6.90. The van der Waals surface area contributed by atoms with Gasteiger partial charge in [0.15, 0.2) is 5.65 Å². The van der Waals surface area contributed by atoms with E-state index in [1.165, 1.54) is 0 Å². The maximum atomic E-state index is 9.91. The Morgan fingerprint density at radius 1 is 1.35 bits per heavy atom. The van der Waals surface area contributed by atoms with Gasteiger partial charge in [-0.15, -0.1) is 10.2 Å². The van der Waals surface area contributed by atoms with Crippen LogP contribution in [0.4, 0.5) is 11.5 Å². The first kappa shape index (κ1) is 16.4. The van der Waals surface area contributed by atoms with Crippen LogP contribution in [0.3, 0.4) is 0 Å². The number of benzene rings is 1. The summed E-state index contributed by atoms with van der Waals surface area (Å²) in [5, 5.41) is 21.5. The second-order valence-electron chi connectivity index (χ2n) is 6.90. The van der Waals surface area contributed by atoms with E-state index in [2.05, 4.69) is 21.6 Å². The predicted molar refractivity (Wildman–Crippen MR) is 96.6 cm³/mol. The molecule has 0 amide bonds. The molecule has 0 saturated heterocycles. The molecule has 0 aliphatic carbocycles. The quantitative estimate of drug-likeness (QED) is 0.782. The highest BCUT2D eigenvalue weighted by Gasteiger charge is 2.32. The van der Waals surface area contributed by atoms with Crippen molar-refractivity contribution < 1.29 is 9.47 Å². The van der Waals surface area contributed by atoms with Crippen LogP contribution < -0.4 is 10.1 Å². The van der Waals surface area contributed by atoms with E-state index < -0.39 is 0 Å².